The third kappa shape index (κ3) is 0.841. The molecule has 1 aliphatic rings. The number of nitrogens with zero attached hydrogens (tertiary/aromatic N) is 2. The zero-order valence-corrected chi connectivity index (χ0v) is 5.77. The Bertz CT molecular complexity index is 285. The van der Waals surface area contributed by atoms with Crippen LogP contribution in [0.4, 0.5) is 10.5 Å². The number of urea groups is 1. The molecule has 2 rings (SSSR count). The minimum atomic E-state index is -0.170. The van der Waals surface area contributed by atoms with Gasteiger partial charge < -0.3 is 0 Å². The molecule has 0 radical (unpaired) electrons. The summed E-state index contributed by atoms with van der Waals surface area (Å²) in [5, 5.41) is 2.45. The number of benzene rings is 1. The summed E-state index contributed by atoms with van der Waals surface area (Å²) in [6.45, 7) is 0. The van der Waals surface area contributed by atoms with Crippen LogP contribution in [-0.4, -0.2) is 11.1 Å². The molecule has 0 spiro atoms. The Morgan fingerprint density at radius 2 is 1.73 bits per heavy atom. The van der Waals surface area contributed by atoms with Crippen molar-refractivity contribution < 1.29 is 4.79 Å². The van der Waals surface area contributed by atoms with Crippen LogP contribution in [0.25, 0.3) is 0 Å². The molecular weight excluding hydrogens is 142 g/mol. The fourth-order valence-electron chi connectivity index (χ4n) is 0.945. The molecule has 0 unspecified atom stereocenters. The molecule has 1 aromatic carbocycles. The molecule has 1 aliphatic heterocycles. The van der Waals surface area contributed by atoms with E-state index < -0.39 is 0 Å². The van der Waals surface area contributed by atoms with Gasteiger partial charge in [0, 0.05) is 0 Å². The summed E-state index contributed by atoms with van der Waals surface area (Å²) >= 11 is 0. The number of para-hydroxylation sites is 1. The van der Waals surface area contributed by atoms with E-state index in [2.05, 4.69) is 0 Å². The van der Waals surface area contributed by atoms with E-state index >= 15 is 0 Å². The Morgan fingerprint density at radius 3 is 2.18 bits per heavy atom. The van der Waals surface area contributed by atoms with E-state index in [-0.39, 0.29) is 6.03 Å². The van der Waals surface area contributed by atoms with Gasteiger partial charge in [0.25, 0.3) is 0 Å². The SMILES string of the molecule is NN1C(=O)N1c1ccccc1. The molecule has 0 bridgehead atoms. The third-order valence-electron chi connectivity index (χ3n) is 1.55. The molecule has 2 amide bonds. The van der Waals surface area contributed by atoms with Crippen molar-refractivity contribution >= 4 is 11.7 Å². The smallest absolute Gasteiger partial charge is 0.242 e. The lowest BCUT2D eigenvalue weighted by atomic mass is 10.3. The van der Waals surface area contributed by atoms with Crippen molar-refractivity contribution in [1.29, 1.82) is 0 Å². The lowest BCUT2D eigenvalue weighted by molar-refractivity contribution is 0.258. The number of anilines is 1. The van der Waals surface area contributed by atoms with Crippen LogP contribution in [0, 0.1) is 0 Å². The molecule has 1 saturated heterocycles. The van der Waals surface area contributed by atoms with Gasteiger partial charge in [-0.05, 0) is 12.1 Å². The van der Waals surface area contributed by atoms with Gasteiger partial charge in [0.1, 0.15) is 0 Å². The molecule has 4 nitrogen and oxygen atoms in total. The summed E-state index contributed by atoms with van der Waals surface area (Å²) in [5.41, 5.74) is 0.806. The standard InChI is InChI=1S/C7H7N3O/c8-10-7(11)9(10)6-4-2-1-3-5-6/h1-5H,8H2. The predicted molar refractivity (Wildman–Crippen MR) is 40.3 cm³/mol. The van der Waals surface area contributed by atoms with Crippen molar-refractivity contribution in [2.45, 2.75) is 0 Å². The largest absolute Gasteiger partial charge is 0.379 e. The number of amides is 2. The molecule has 11 heavy (non-hydrogen) atoms. The van der Waals surface area contributed by atoms with Gasteiger partial charge in [0.15, 0.2) is 0 Å². The monoisotopic (exact) mass is 149 g/mol. The first kappa shape index (κ1) is 6.18. The lowest BCUT2D eigenvalue weighted by Crippen LogP contribution is -2.12. The number of rotatable bonds is 1. The highest BCUT2D eigenvalue weighted by Gasteiger charge is 2.41. The minimum absolute atomic E-state index is 0.170. The number of carbonyl (C=O) groups excluding carboxylic acids is 1. The molecule has 0 aromatic heterocycles. The molecule has 2 N–H and O–H groups in total. The Morgan fingerprint density at radius 1 is 1.18 bits per heavy atom. The second-order valence-corrected chi connectivity index (χ2v) is 2.27. The molecule has 1 fully saturated rings. The average Bonchev–Trinajstić information content (AvgIpc) is 2.62. The van der Waals surface area contributed by atoms with Crippen LogP contribution < -0.4 is 10.9 Å². The van der Waals surface area contributed by atoms with E-state index in [1.807, 2.05) is 30.3 Å². The zero-order valence-electron chi connectivity index (χ0n) is 5.77. The van der Waals surface area contributed by atoms with Crippen molar-refractivity contribution in [3.05, 3.63) is 30.3 Å². The number of hydrogen-bond donors (Lipinski definition) is 1. The summed E-state index contributed by atoms with van der Waals surface area (Å²) in [6, 6.07) is 9.08. The summed E-state index contributed by atoms with van der Waals surface area (Å²) in [6.07, 6.45) is 0. The average molecular weight is 149 g/mol. The highest BCUT2D eigenvalue weighted by molar-refractivity contribution is 6.05. The van der Waals surface area contributed by atoms with Crippen molar-refractivity contribution in [2.75, 3.05) is 5.01 Å². The Labute approximate surface area is 63.8 Å². The molecular formula is C7H7N3O. The topological polar surface area (TPSA) is 49.1 Å². The second kappa shape index (κ2) is 1.96. The molecule has 0 aliphatic carbocycles. The summed E-state index contributed by atoms with van der Waals surface area (Å²) < 4.78 is 0. The van der Waals surface area contributed by atoms with E-state index in [0.29, 0.717) is 0 Å². The molecule has 1 heterocycles. The molecule has 0 saturated carbocycles. The first-order chi connectivity index (χ1) is 5.30. The highest BCUT2D eigenvalue weighted by atomic mass is 16.3. The van der Waals surface area contributed by atoms with E-state index in [1.165, 1.54) is 5.01 Å². The second-order valence-electron chi connectivity index (χ2n) is 2.27. The number of hydrogen-bond acceptors (Lipinski definition) is 2. The zero-order chi connectivity index (χ0) is 7.84. The van der Waals surface area contributed by atoms with Gasteiger partial charge in [-0.2, -0.15) is 10.1 Å². The summed E-state index contributed by atoms with van der Waals surface area (Å²) in [7, 11) is 0. The van der Waals surface area contributed by atoms with Crippen LogP contribution in [0.15, 0.2) is 30.3 Å². The van der Waals surface area contributed by atoms with Gasteiger partial charge in [-0.15, -0.1) is 0 Å². The Hall–Kier alpha value is -1.55. The van der Waals surface area contributed by atoms with Gasteiger partial charge in [-0.3, -0.25) is 0 Å². The maximum Gasteiger partial charge on any atom is 0.379 e. The summed E-state index contributed by atoms with van der Waals surface area (Å²) in [5.74, 6) is 5.25. The van der Waals surface area contributed by atoms with Crippen LogP contribution in [-0.2, 0) is 0 Å². The van der Waals surface area contributed by atoms with E-state index in [4.69, 9.17) is 5.84 Å². The number of hydrazine groups is 2. The van der Waals surface area contributed by atoms with Crippen molar-refractivity contribution in [2.24, 2.45) is 5.84 Å². The fourth-order valence-corrected chi connectivity index (χ4v) is 0.945. The first-order valence-electron chi connectivity index (χ1n) is 3.24. The van der Waals surface area contributed by atoms with Crippen LogP contribution in [0.1, 0.15) is 0 Å². The quantitative estimate of drug-likeness (QED) is 0.363. The predicted octanol–water partition coefficient (Wildman–Crippen LogP) is 0.717. The number of nitrogens with two attached hydrogens (primary N) is 1. The van der Waals surface area contributed by atoms with Gasteiger partial charge in [0.2, 0.25) is 0 Å². The van der Waals surface area contributed by atoms with Crippen LogP contribution in [0.2, 0.25) is 0 Å². The van der Waals surface area contributed by atoms with Crippen LogP contribution in [0.5, 0.6) is 0 Å². The number of carbonyl (C=O) groups is 1. The van der Waals surface area contributed by atoms with Gasteiger partial charge >= 0.3 is 6.03 Å². The first-order valence-corrected chi connectivity index (χ1v) is 3.24. The fraction of sp³-hybridized carbons (Fsp3) is 0. The maximum absolute atomic E-state index is 10.7. The maximum atomic E-state index is 10.7. The molecule has 4 heteroatoms. The summed E-state index contributed by atoms with van der Waals surface area (Å²) in [4.78, 5) is 10.7. The van der Waals surface area contributed by atoms with Gasteiger partial charge in [0.05, 0.1) is 5.69 Å². The Balaban J connectivity index is 2.27. The van der Waals surface area contributed by atoms with E-state index in [1.54, 1.807) is 0 Å². The molecule has 1 aromatic rings. The molecule has 56 valence electrons. The lowest BCUT2D eigenvalue weighted by Gasteiger charge is -1.96. The highest BCUT2D eigenvalue weighted by Crippen LogP contribution is 2.24. The third-order valence-corrected chi connectivity index (χ3v) is 1.55. The normalized spacial score (nSPS) is 15.5. The van der Waals surface area contributed by atoms with Gasteiger partial charge in [-0.1, -0.05) is 18.2 Å². The van der Waals surface area contributed by atoms with E-state index in [9.17, 15) is 4.79 Å². The van der Waals surface area contributed by atoms with Crippen molar-refractivity contribution in [3.8, 4) is 0 Å². The van der Waals surface area contributed by atoms with E-state index in [0.717, 1.165) is 10.8 Å². The van der Waals surface area contributed by atoms with Crippen molar-refractivity contribution in [1.82, 2.24) is 5.12 Å². The van der Waals surface area contributed by atoms with Crippen LogP contribution in [0.3, 0.4) is 0 Å². The van der Waals surface area contributed by atoms with Crippen LogP contribution >= 0.6 is 0 Å². The van der Waals surface area contributed by atoms with Crippen molar-refractivity contribution in [3.63, 3.8) is 0 Å². The van der Waals surface area contributed by atoms with Gasteiger partial charge in [-0.25, -0.2) is 10.6 Å². The minimum Gasteiger partial charge on any atom is -0.242 e. The Kier molecular flexibility index (Phi) is 1.10. The molecule has 0 atom stereocenters.